The first kappa shape index (κ1) is 14.3. The molecule has 0 unspecified atom stereocenters. The third-order valence-electron chi connectivity index (χ3n) is 2.96. The van der Waals surface area contributed by atoms with Crippen LogP contribution in [0.4, 0.5) is 0 Å². The van der Waals surface area contributed by atoms with Crippen LogP contribution < -0.4 is 10.5 Å². The Morgan fingerprint density at radius 1 is 1.24 bits per heavy atom. The van der Waals surface area contributed by atoms with E-state index in [1.165, 1.54) is 18.4 Å². The fourth-order valence-electron chi connectivity index (χ4n) is 1.91. The summed E-state index contributed by atoms with van der Waals surface area (Å²) >= 11 is 0. The van der Waals surface area contributed by atoms with Crippen LogP contribution in [0.15, 0.2) is 24.3 Å². The molecule has 2 nitrogen and oxygen atoms in total. The van der Waals surface area contributed by atoms with Gasteiger partial charge in [0.25, 0.3) is 0 Å². The topological polar surface area (TPSA) is 35.2 Å². The summed E-state index contributed by atoms with van der Waals surface area (Å²) in [6, 6.07) is 8.40. The third-order valence-corrected chi connectivity index (χ3v) is 2.96. The van der Waals surface area contributed by atoms with Gasteiger partial charge in [-0.2, -0.15) is 0 Å². The Morgan fingerprint density at radius 3 is 2.29 bits per heavy atom. The molecule has 1 aromatic rings. The summed E-state index contributed by atoms with van der Waals surface area (Å²) in [6.07, 6.45) is 4.08. The predicted molar refractivity (Wildman–Crippen MR) is 73.7 cm³/mol. The highest BCUT2D eigenvalue weighted by Gasteiger charge is 2.24. The molecule has 1 atom stereocenters. The van der Waals surface area contributed by atoms with Gasteiger partial charge in [0.15, 0.2) is 0 Å². The summed E-state index contributed by atoms with van der Waals surface area (Å²) in [5.41, 5.74) is 7.37. The van der Waals surface area contributed by atoms with Gasteiger partial charge in [0.2, 0.25) is 0 Å². The highest BCUT2D eigenvalue weighted by atomic mass is 35.5. The molecule has 1 aromatic carbocycles. The summed E-state index contributed by atoms with van der Waals surface area (Å²) in [5.74, 6) is 1.80. The van der Waals surface area contributed by atoms with Gasteiger partial charge in [-0.15, -0.1) is 12.4 Å². The maximum atomic E-state index is 6.15. The van der Waals surface area contributed by atoms with E-state index < -0.39 is 0 Å². The van der Waals surface area contributed by atoms with Crippen LogP contribution >= 0.6 is 12.4 Å². The second kappa shape index (κ2) is 6.27. The highest BCUT2D eigenvalue weighted by Crippen LogP contribution is 2.36. The van der Waals surface area contributed by atoms with Gasteiger partial charge in [0.1, 0.15) is 5.75 Å². The van der Waals surface area contributed by atoms with Crippen molar-refractivity contribution in [2.45, 2.75) is 45.3 Å². The molecule has 1 aliphatic rings. The van der Waals surface area contributed by atoms with E-state index >= 15 is 0 Å². The Kier molecular flexibility index (Phi) is 5.29. The molecule has 0 heterocycles. The molecule has 2 rings (SSSR count). The molecule has 0 aliphatic heterocycles. The molecule has 0 amide bonds. The minimum Gasteiger partial charge on any atom is -0.491 e. The molecule has 1 saturated carbocycles. The number of benzene rings is 1. The average Bonchev–Trinajstić information content (AvgIpc) is 3.01. The molecule has 1 aliphatic carbocycles. The summed E-state index contributed by atoms with van der Waals surface area (Å²) < 4.78 is 5.60. The van der Waals surface area contributed by atoms with Gasteiger partial charge < -0.3 is 10.5 Å². The van der Waals surface area contributed by atoms with E-state index in [0.717, 1.165) is 18.1 Å². The van der Waals surface area contributed by atoms with Crippen molar-refractivity contribution in [1.29, 1.82) is 0 Å². The van der Waals surface area contributed by atoms with Gasteiger partial charge >= 0.3 is 0 Å². The van der Waals surface area contributed by atoms with E-state index in [0.29, 0.717) is 0 Å². The van der Waals surface area contributed by atoms with E-state index in [9.17, 15) is 0 Å². The molecule has 0 aromatic heterocycles. The standard InChI is InChI=1S/C14H21NO.ClH/c1-10(2)16-13-7-5-12(6-8-13)14(15)9-11-3-4-11;/h5-8,10-11,14H,3-4,9,15H2,1-2H3;1H/t14-;/m0./s1. The largest absolute Gasteiger partial charge is 0.491 e. The summed E-state index contributed by atoms with van der Waals surface area (Å²) in [6.45, 7) is 4.07. The van der Waals surface area contributed by atoms with Crippen molar-refractivity contribution in [2.24, 2.45) is 11.7 Å². The van der Waals surface area contributed by atoms with Crippen molar-refractivity contribution in [2.75, 3.05) is 0 Å². The fourth-order valence-corrected chi connectivity index (χ4v) is 1.91. The Morgan fingerprint density at radius 2 is 1.82 bits per heavy atom. The quantitative estimate of drug-likeness (QED) is 0.871. The Labute approximate surface area is 110 Å². The first-order valence-corrected chi connectivity index (χ1v) is 6.17. The smallest absolute Gasteiger partial charge is 0.119 e. The van der Waals surface area contributed by atoms with Gasteiger partial charge in [-0.05, 0) is 43.9 Å². The Hall–Kier alpha value is -0.730. The van der Waals surface area contributed by atoms with Gasteiger partial charge in [-0.25, -0.2) is 0 Å². The van der Waals surface area contributed by atoms with Crippen LogP contribution in [0.5, 0.6) is 5.75 Å². The van der Waals surface area contributed by atoms with Crippen molar-refractivity contribution in [3.8, 4) is 5.75 Å². The lowest BCUT2D eigenvalue weighted by Crippen LogP contribution is -2.11. The number of ether oxygens (including phenoxy) is 1. The zero-order valence-corrected chi connectivity index (χ0v) is 11.4. The van der Waals surface area contributed by atoms with Gasteiger partial charge in [0.05, 0.1) is 6.10 Å². The summed E-state index contributed by atoms with van der Waals surface area (Å²) in [5, 5.41) is 0. The molecule has 2 N–H and O–H groups in total. The zero-order valence-electron chi connectivity index (χ0n) is 10.6. The lowest BCUT2D eigenvalue weighted by atomic mass is 10.0. The van der Waals surface area contributed by atoms with E-state index in [-0.39, 0.29) is 24.6 Å². The van der Waals surface area contributed by atoms with Crippen LogP contribution in [-0.2, 0) is 0 Å². The van der Waals surface area contributed by atoms with Crippen LogP contribution in [-0.4, -0.2) is 6.10 Å². The predicted octanol–water partition coefficient (Wildman–Crippen LogP) is 3.70. The first-order chi connectivity index (χ1) is 7.65. The van der Waals surface area contributed by atoms with Crippen molar-refractivity contribution < 1.29 is 4.74 Å². The minimum atomic E-state index is 0. The summed E-state index contributed by atoms with van der Waals surface area (Å²) in [4.78, 5) is 0. The third kappa shape index (κ3) is 4.57. The van der Waals surface area contributed by atoms with Crippen molar-refractivity contribution in [3.63, 3.8) is 0 Å². The van der Waals surface area contributed by atoms with Crippen molar-refractivity contribution in [1.82, 2.24) is 0 Å². The maximum Gasteiger partial charge on any atom is 0.119 e. The number of hydrogen-bond donors (Lipinski definition) is 1. The van der Waals surface area contributed by atoms with E-state index in [1.54, 1.807) is 0 Å². The number of halogens is 1. The van der Waals surface area contributed by atoms with E-state index in [4.69, 9.17) is 10.5 Å². The lowest BCUT2D eigenvalue weighted by molar-refractivity contribution is 0.242. The van der Waals surface area contributed by atoms with Crippen LogP contribution in [0.25, 0.3) is 0 Å². The van der Waals surface area contributed by atoms with Crippen molar-refractivity contribution >= 4 is 12.4 Å². The molecule has 0 saturated heterocycles. The van der Waals surface area contributed by atoms with Crippen molar-refractivity contribution in [3.05, 3.63) is 29.8 Å². The lowest BCUT2D eigenvalue weighted by Gasteiger charge is -2.13. The monoisotopic (exact) mass is 255 g/mol. The second-order valence-corrected chi connectivity index (χ2v) is 5.02. The maximum absolute atomic E-state index is 6.15. The van der Waals surface area contributed by atoms with Gasteiger partial charge in [-0.3, -0.25) is 0 Å². The molecule has 0 spiro atoms. The summed E-state index contributed by atoms with van der Waals surface area (Å²) in [7, 11) is 0. The molecule has 1 fully saturated rings. The second-order valence-electron chi connectivity index (χ2n) is 5.02. The van der Waals surface area contributed by atoms with E-state index in [1.807, 2.05) is 26.0 Å². The average molecular weight is 256 g/mol. The number of nitrogens with two attached hydrogens (primary N) is 1. The first-order valence-electron chi connectivity index (χ1n) is 6.17. The molecule has 96 valence electrons. The Bertz CT molecular complexity index is 333. The molecule has 3 heteroatoms. The molecule has 0 radical (unpaired) electrons. The van der Waals surface area contributed by atoms with Crippen LogP contribution in [0.2, 0.25) is 0 Å². The Balaban J connectivity index is 0.00000144. The highest BCUT2D eigenvalue weighted by molar-refractivity contribution is 5.85. The zero-order chi connectivity index (χ0) is 11.5. The number of rotatable bonds is 5. The molecule has 0 bridgehead atoms. The molecule has 17 heavy (non-hydrogen) atoms. The normalized spacial score (nSPS) is 16.5. The van der Waals surface area contributed by atoms with E-state index in [2.05, 4.69) is 12.1 Å². The van der Waals surface area contributed by atoms with Crippen LogP contribution in [0, 0.1) is 5.92 Å². The van der Waals surface area contributed by atoms with Gasteiger partial charge in [-0.1, -0.05) is 25.0 Å². The number of hydrogen-bond acceptors (Lipinski definition) is 2. The van der Waals surface area contributed by atoms with Crippen LogP contribution in [0.3, 0.4) is 0 Å². The SMILES string of the molecule is CC(C)Oc1ccc([C@@H](N)CC2CC2)cc1.Cl. The molecular formula is C14H22ClNO. The van der Waals surface area contributed by atoms with Gasteiger partial charge in [0, 0.05) is 6.04 Å². The fraction of sp³-hybridized carbons (Fsp3) is 0.571. The minimum absolute atomic E-state index is 0. The van der Waals surface area contributed by atoms with Crippen LogP contribution in [0.1, 0.15) is 44.7 Å². The molecular weight excluding hydrogens is 234 g/mol.